The Hall–Kier alpha value is -1.47. The molecule has 0 aromatic heterocycles. The van der Waals surface area contributed by atoms with Crippen LogP contribution in [0, 0.1) is 0 Å². The van der Waals surface area contributed by atoms with Crippen molar-refractivity contribution in [1.29, 1.82) is 0 Å². The molecule has 3 heteroatoms. The van der Waals surface area contributed by atoms with Crippen molar-refractivity contribution in [3.05, 3.63) is 91.0 Å². The Morgan fingerprint density at radius 3 is 1.09 bits per heavy atom. The highest BCUT2D eigenvalue weighted by Crippen LogP contribution is 2.57. The van der Waals surface area contributed by atoms with Crippen LogP contribution in [0.4, 0.5) is 0 Å². The zero-order valence-corrected chi connectivity index (χ0v) is 14.6. The van der Waals surface area contributed by atoms with Gasteiger partial charge in [-0.1, -0.05) is 67.2 Å². The summed E-state index contributed by atoms with van der Waals surface area (Å²) in [5.41, 5.74) is 0. The second kappa shape index (κ2) is 6.75. The largest absolute Gasteiger partial charge is 0.202 e. The Balaban J connectivity index is 2.37. The highest BCUT2D eigenvalue weighted by Gasteiger charge is 2.48. The molecule has 3 aromatic carbocycles. The first-order valence-corrected chi connectivity index (χ1v) is 9.70. The third-order valence-electron chi connectivity index (χ3n) is 3.72. The Morgan fingerprint density at radius 2 is 0.864 bits per heavy atom. The smallest absolute Gasteiger partial charge is 0.0927 e. The Bertz CT molecular complexity index is 659. The average Bonchev–Trinajstić information content (AvgIpc) is 2.58. The maximum atomic E-state index is 5.69. The SMILES string of the molecule is S=C(S)[P+](c1ccccc1)(c1ccccc1)c1ccccc1. The van der Waals surface area contributed by atoms with Crippen molar-refractivity contribution in [2.75, 3.05) is 0 Å². The molecule has 0 aliphatic heterocycles. The van der Waals surface area contributed by atoms with E-state index in [2.05, 4.69) is 72.8 Å². The molecule has 0 amide bonds. The van der Waals surface area contributed by atoms with Gasteiger partial charge >= 0.3 is 0 Å². The summed E-state index contributed by atoms with van der Waals surface area (Å²) in [6.45, 7) is 0. The third-order valence-corrected chi connectivity index (χ3v) is 9.23. The summed E-state index contributed by atoms with van der Waals surface area (Å²) >= 11 is 10.4. The predicted molar refractivity (Wildman–Crippen MR) is 107 cm³/mol. The molecule has 0 N–H and O–H groups in total. The topological polar surface area (TPSA) is 0 Å². The normalized spacial score (nSPS) is 11.1. The van der Waals surface area contributed by atoms with E-state index in [0.29, 0.717) is 0 Å². The summed E-state index contributed by atoms with van der Waals surface area (Å²) in [6, 6.07) is 31.5. The van der Waals surface area contributed by atoms with E-state index in [1.165, 1.54) is 15.9 Å². The van der Waals surface area contributed by atoms with Gasteiger partial charge in [0.15, 0.2) is 7.26 Å². The summed E-state index contributed by atoms with van der Waals surface area (Å²) in [4.78, 5) is 0. The van der Waals surface area contributed by atoms with Crippen molar-refractivity contribution in [3.8, 4) is 0 Å². The minimum atomic E-state index is -2.03. The Kier molecular flexibility index (Phi) is 4.73. The van der Waals surface area contributed by atoms with Crippen LogP contribution in [0.2, 0.25) is 0 Å². The molecule has 22 heavy (non-hydrogen) atoms. The fourth-order valence-electron chi connectivity index (χ4n) is 2.73. The van der Waals surface area contributed by atoms with Gasteiger partial charge in [0, 0.05) is 0 Å². The van der Waals surface area contributed by atoms with Crippen LogP contribution in [0.3, 0.4) is 0 Å². The molecule has 3 aromatic rings. The molecule has 0 heterocycles. The third kappa shape index (κ3) is 2.63. The lowest BCUT2D eigenvalue weighted by molar-refractivity contribution is 1.73. The zero-order chi connectivity index (χ0) is 15.4. The minimum absolute atomic E-state index is 0.760. The van der Waals surface area contributed by atoms with Crippen molar-refractivity contribution in [2.45, 2.75) is 0 Å². The molecule has 0 aliphatic carbocycles. The van der Waals surface area contributed by atoms with E-state index in [1.54, 1.807) is 0 Å². The van der Waals surface area contributed by atoms with Crippen LogP contribution in [0.1, 0.15) is 0 Å². The first-order valence-electron chi connectivity index (χ1n) is 7.05. The first-order chi connectivity index (χ1) is 10.8. The van der Waals surface area contributed by atoms with Crippen molar-refractivity contribution in [3.63, 3.8) is 0 Å². The molecule has 0 fully saturated rings. The first kappa shape index (κ1) is 15.4. The highest BCUT2D eigenvalue weighted by molar-refractivity contribution is 8.37. The van der Waals surface area contributed by atoms with E-state index < -0.39 is 7.26 Å². The van der Waals surface area contributed by atoms with Crippen LogP contribution in [-0.2, 0) is 0 Å². The van der Waals surface area contributed by atoms with Crippen LogP contribution in [0.15, 0.2) is 91.0 Å². The molecule has 3 rings (SSSR count). The van der Waals surface area contributed by atoms with Gasteiger partial charge in [0.25, 0.3) is 0 Å². The van der Waals surface area contributed by atoms with E-state index in [0.717, 1.165) is 3.94 Å². The van der Waals surface area contributed by atoms with Crippen LogP contribution in [-0.4, -0.2) is 3.94 Å². The molecule has 0 saturated carbocycles. The van der Waals surface area contributed by atoms with Crippen LogP contribution < -0.4 is 15.9 Å². The quantitative estimate of drug-likeness (QED) is 0.422. The fraction of sp³-hybridized carbons (Fsp3) is 0. The van der Waals surface area contributed by atoms with Crippen molar-refractivity contribution in [1.82, 2.24) is 0 Å². The van der Waals surface area contributed by atoms with Gasteiger partial charge in [-0.2, -0.15) is 0 Å². The molecule has 0 unspecified atom stereocenters. The van der Waals surface area contributed by atoms with E-state index in [4.69, 9.17) is 24.8 Å². The second-order valence-electron chi connectivity index (χ2n) is 4.96. The number of thiocarbonyl (C=S) groups is 1. The number of benzene rings is 3. The van der Waals surface area contributed by atoms with Gasteiger partial charge in [-0.15, -0.1) is 0 Å². The number of hydrogen-bond acceptors (Lipinski definition) is 1. The summed E-state index contributed by atoms with van der Waals surface area (Å²) in [7, 11) is -2.03. The zero-order valence-electron chi connectivity index (χ0n) is 12.0. The maximum absolute atomic E-state index is 5.69. The minimum Gasteiger partial charge on any atom is -0.0927 e. The monoisotopic (exact) mass is 339 g/mol. The highest BCUT2D eigenvalue weighted by atomic mass is 32.1. The molecule has 0 nitrogen and oxygen atoms in total. The van der Waals surface area contributed by atoms with Gasteiger partial charge in [-0.25, -0.2) is 0 Å². The van der Waals surface area contributed by atoms with Crippen molar-refractivity contribution < 1.29 is 0 Å². The second-order valence-corrected chi connectivity index (χ2v) is 10.1. The predicted octanol–water partition coefficient (Wildman–Crippen LogP) is 4.20. The Labute approximate surface area is 143 Å². The van der Waals surface area contributed by atoms with E-state index >= 15 is 0 Å². The van der Waals surface area contributed by atoms with Crippen LogP contribution >= 0.6 is 32.1 Å². The van der Waals surface area contributed by atoms with Gasteiger partial charge < -0.3 is 0 Å². The molecule has 0 aliphatic rings. The molecule has 0 spiro atoms. The molecular weight excluding hydrogens is 323 g/mol. The van der Waals surface area contributed by atoms with Gasteiger partial charge in [0.1, 0.15) is 15.9 Å². The molecule has 0 radical (unpaired) electrons. The van der Waals surface area contributed by atoms with Crippen molar-refractivity contribution in [2.24, 2.45) is 0 Å². The lowest BCUT2D eigenvalue weighted by atomic mass is 10.4. The molecule has 0 saturated heterocycles. The molecule has 108 valence electrons. The van der Waals surface area contributed by atoms with Gasteiger partial charge in [0.2, 0.25) is 3.94 Å². The van der Waals surface area contributed by atoms with Gasteiger partial charge in [0.05, 0.1) is 0 Å². The Morgan fingerprint density at radius 1 is 0.591 bits per heavy atom. The molecular formula is C19H16PS2+. The lowest BCUT2D eigenvalue weighted by Gasteiger charge is -2.25. The summed E-state index contributed by atoms with van der Waals surface area (Å²) in [6.07, 6.45) is 0. The summed E-state index contributed by atoms with van der Waals surface area (Å²) < 4.78 is 0.760. The lowest BCUT2D eigenvalue weighted by Crippen LogP contribution is -2.34. The van der Waals surface area contributed by atoms with E-state index in [1.807, 2.05) is 18.2 Å². The summed E-state index contributed by atoms with van der Waals surface area (Å²) in [5, 5.41) is 3.73. The number of thiol groups is 1. The maximum Gasteiger partial charge on any atom is 0.202 e. The summed E-state index contributed by atoms with van der Waals surface area (Å²) in [5.74, 6) is 0. The van der Waals surface area contributed by atoms with E-state index in [9.17, 15) is 0 Å². The standard InChI is InChI=1S/C19H15PS2/c21-19(22)20(16-10-4-1-5-11-16,17-12-6-2-7-13-17)18-14-8-3-9-15-18/h1-15H/p+1. The number of rotatable bonds is 4. The molecule has 0 atom stereocenters. The van der Waals surface area contributed by atoms with E-state index in [-0.39, 0.29) is 0 Å². The fourth-order valence-corrected chi connectivity index (χ4v) is 8.14. The van der Waals surface area contributed by atoms with Crippen molar-refractivity contribution >= 4 is 52.0 Å². The average molecular weight is 339 g/mol. The van der Waals surface area contributed by atoms with Crippen LogP contribution in [0.25, 0.3) is 0 Å². The van der Waals surface area contributed by atoms with Gasteiger partial charge in [-0.05, 0) is 48.6 Å². The molecule has 0 bridgehead atoms. The number of hydrogen-bond donors (Lipinski definition) is 1. The van der Waals surface area contributed by atoms with Gasteiger partial charge in [-0.3, -0.25) is 0 Å². The van der Waals surface area contributed by atoms with Crippen LogP contribution in [0.5, 0.6) is 0 Å².